The van der Waals surface area contributed by atoms with Gasteiger partial charge in [0.25, 0.3) is 0 Å². The zero-order chi connectivity index (χ0) is 17.7. The summed E-state index contributed by atoms with van der Waals surface area (Å²) in [6.07, 6.45) is 4.33. The lowest BCUT2D eigenvalue weighted by Gasteiger charge is -2.21. The maximum atomic E-state index is 11.8. The summed E-state index contributed by atoms with van der Waals surface area (Å²) in [6.45, 7) is 15.4. The fourth-order valence-corrected chi connectivity index (χ4v) is 1.77. The molecule has 1 aromatic rings. The molecule has 0 heterocycles. The topological polar surface area (TPSA) is 35.5 Å². The number of allylic oxidation sites excluding steroid dienone is 1. The second kappa shape index (κ2) is 7.49. The van der Waals surface area contributed by atoms with Crippen LogP contribution in [0.4, 0.5) is 0 Å². The van der Waals surface area contributed by atoms with Gasteiger partial charge < -0.3 is 9.47 Å². The van der Waals surface area contributed by atoms with Crippen LogP contribution >= 0.6 is 0 Å². The van der Waals surface area contributed by atoms with E-state index in [1.165, 1.54) is 0 Å². The van der Waals surface area contributed by atoms with Crippen LogP contribution in [0.5, 0.6) is 5.75 Å². The van der Waals surface area contributed by atoms with Gasteiger partial charge in [0.1, 0.15) is 17.0 Å². The lowest BCUT2D eigenvalue weighted by molar-refractivity contribution is -0.149. The molecule has 0 aliphatic heterocycles. The molecule has 0 bridgehead atoms. The fraction of sp³-hybridized carbons (Fsp3) is 0.450. The van der Waals surface area contributed by atoms with Gasteiger partial charge in [-0.25, -0.2) is 4.79 Å². The van der Waals surface area contributed by atoms with Crippen LogP contribution in [-0.2, 0) is 9.53 Å². The molecular weight excluding hydrogens is 288 g/mol. The van der Waals surface area contributed by atoms with E-state index in [1.807, 2.05) is 78.0 Å². The molecule has 0 spiro atoms. The average molecular weight is 316 g/mol. The van der Waals surface area contributed by atoms with Crippen molar-refractivity contribution in [1.29, 1.82) is 0 Å². The molecule has 3 heteroatoms. The first kappa shape index (κ1) is 19.0. The fourth-order valence-electron chi connectivity index (χ4n) is 1.77. The molecule has 0 atom stereocenters. The molecule has 23 heavy (non-hydrogen) atoms. The molecular formula is C20H28O3. The molecule has 0 saturated carbocycles. The van der Waals surface area contributed by atoms with Gasteiger partial charge in [-0.2, -0.15) is 0 Å². The van der Waals surface area contributed by atoms with E-state index in [0.29, 0.717) is 12.0 Å². The summed E-state index contributed by atoms with van der Waals surface area (Å²) in [4.78, 5) is 11.8. The summed E-state index contributed by atoms with van der Waals surface area (Å²) in [5.74, 6) is 0.490. The van der Waals surface area contributed by atoms with Gasteiger partial charge >= 0.3 is 5.97 Å². The highest BCUT2D eigenvalue weighted by Crippen LogP contribution is 2.19. The third-order valence-electron chi connectivity index (χ3n) is 2.67. The summed E-state index contributed by atoms with van der Waals surface area (Å²) < 4.78 is 11.1. The highest BCUT2D eigenvalue weighted by molar-refractivity contribution is 5.88. The Morgan fingerprint density at radius 3 is 2.09 bits per heavy atom. The van der Waals surface area contributed by atoms with E-state index in [9.17, 15) is 4.79 Å². The van der Waals surface area contributed by atoms with E-state index in [4.69, 9.17) is 9.47 Å². The lowest BCUT2D eigenvalue weighted by Crippen LogP contribution is -2.24. The third kappa shape index (κ3) is 8.24. The van der Waals surface area contributed by atoms with Crippen molar-refractivity contribution in [1.82, 2.24) is 0 Å². The Kier molecular flexibility index (Phi) is 6.20. The summed E-state index contributed by atoms with van der Waals surface area (Å²) in [6, 6.07) is 7.84. The highest BCUT2D eigenvalue weighted by atomic mass is 16.6. The van der Waals surface area contributed by atoms with Gasteiger partial charge in [-0.15, -0.1) is 0 Å². The molecule has 0 N–H and O–H groups in total. The Morgan fingerprint density at radius 1 is 1.04 bits per heavy atom. The van der Waals surface area contributed by atoms with Crippen molar-refractivity contribution >= 4 is 12.0 Å². The van der Waals surface area contributed by atoms with Crippen molar-refractivity contribution in [3.8, 4) is 5.75 Å². The quantitative estimate of drug-likeness (QED) is 0.555. The van der Waals surface area contributed by atoms with Crippen molar-refractivity contribution in [2.24, 2.45) is 0 Å². The molecule has 0 aromatic heterocycles. The lowest BCUT2D eigenvalue weighted by atomic mass is 10.1. The predicted octanol–water partition coefficient (Wildman–Crippen LogP) is 5.17. The molecule has 0 saturated heterocycles. The molecule has 0 aliphatic carbocycles. The van der Waals surface area contributed by atoms with E-state index in [2.05, 4.69) is 6.58 Å². The van der Waals surface area contributed by atoms with E-state index in [1.54, 1.807) is 0 Å². The van der Waals surface area contributed by atoms with Crippen molar-refractivity contribution in [2.75, 3.05) is 0 Å². The minimum absolute atomic E-state index is 0.206. The zero-order valence-corrected chi connectivity index (χ0v) is 15.1. The van der Waals surface area contributed by atoms with Gasteiger partial charge in [-0.1, -0.05) is 30.9 Å². The Labute approximate surface area is 140 Å². The first-order valence-electron chi connectivity index (χ1n) is 7.83. The molecule has 0 amide bonds. The van der Waals surface area contributed by atoms with E-state index < -0.39 is 5.60 Å². The number of hydrogen-bond donors (Lipinski definition) is 0. The number of carbonyl (C=O) groups is 1. The Balaban J connectivity index is 2.55. The van der Waals surface area contributed by atoms with Crippen LogP contribution in [0.15, 0.2) is 42.5 Å². The van der Waals surface area contributed by atoms with Gasteiger partial charge in [0.15, 0.2) is 0 Å². The van der Waals surface area contributed by atoms with Crippen LogP contribution in [0.25, 0.3) is 6.08 Å². The molecule has 1 rings (SSSR count). The van der Waals surface area contributed by atoms with Gasteiger partial charge in [0, 0.05) is 5.57 Å². The molecule has 0 radical (unpaired) electrons. The normalized spacial score (nSPS) is 12.3. The number of hydrogen-bond acceptors (Lipinski definition) is 3. The summed E-state index contributed by atoms with van der Waals surface area (Å²) in [5.41, 5.74) is 0.793. The highest BCUT2D eigenvalue weighted by Gasteiger charge is 2.17. The monoisotopic (exact) mass is 316 g/mol. The predicted molar refractivity (Wildman–Crippen MR) is 95.5 cm³/mol. The SMILES string of the molecule is C=C(CC=Cc1ccc(OC(C)(C)C)cc1)C(=O)OC(C)(C)C. The van der Waals surface area contributed by atoms with Crippen LogP contribution in [0.2, 0.25) is 0 Å². The van der Waals surface area contributed by atoms with E-state index >= 15 is 0 Å². The van der Waals surface area contributed by atoms with Crippen molar-refractivity contribution < 1.29 is 14.3 Å². The standard InChI is InChI=1S/C20H28O3/c1-15(18(21)23-20(5,6)7)9-8-10-16-11-13-17(14-12-16)22-19(2,3)4/h8,10-14H,1,9H2,2-7H3. The number of ether oxygens (including phenoxy) is 2. The molecule has 0 fully saturated rings. The van der Waals surface area contributed by atoms with Gasteiger partial charge in [0.05, 0.1) is 0 Å². The van der Waals surface area contributed by atoms with Crippen molar-refractivity contribution in [2.45, 2.75) is 59.2 Å². The van der Waals surface area contributed by atoms with Crippen molar-refractivity contribution in [3.05, 3.63) is 48.1 Å². The van der Waals surface area contributed by atoms with Crippen molar-refractivity contribution in [3.63, 3.8) is 0 Å². The number of esters is 1. The second-order valence-corrected chi connectivity index (χ2v) is 7.50. The molecule has 0 unspecified atom stereocenters. The number of benzene rings is 1. The first-order chi connectivity index (χ1) is 10.5. The summed E-state index contributed by atoms with van der Waals surface area (Å²) in [7, 11) is 0. The Morgan fingerprint density at radius 2 is 1.61 bits per heavy atom. The number of rotatable bonds is 5. The molecule has 3 nitrogen and oxygen atoms in total. The van der Waals surface area contributed by atoms with Crippen LogP contribution in [0.1, 0.15) is 53.5 Å². The van der Waals surface area contributed by atoms with E-state index in [-0.39, 0.29) is 11.6 Å². The van der Waals surface area contributed by atoms with Crippen LogP contribution in [0.3, 0.4) is 0 Å². The minimum Gasteiger partial charge on any atom is -0.488 e. The first-order valence-corrected chi connectivity index (χ1v) is 7.83. The van der Waals surface area contributed by atoms with Crippen LogP contribution in [0, 0.1) is 0 Å². The molecule has 0 aliphatic rings. The van der Waals surface area contributed by atoms with Gasteiger partial charge in [0.2, 0.25) is 0 Å². The van der Waals surface area contributed by atoms with Crippen LogP contribution in [-0.4, -0.2) is 17.2 Å². The van der Waals surface area contributed by atoms with Crippen LogP contribution < -0.4 is 4.74 Å². The summed E-state index contributed by atoms with van der Waals surface area (Å²) in [5, 5.41) is 0. The second-order valence-electron chi connectivity index (χ2n) is 7.50. The third-order valence-corrected chi connectivity index (χ3v) is 2.67. The number of carbonyl (C=O) groups excluding carboxylic acids is 1. The largest absolute Gasteiger partial charge is 0.488 e. The maximum absolute atomic E-state index is 11.8. The Bertz CT molecular complexity index is 566. The zero-order valence-electron chi connectivity index (χ0n) is 15.1. The average Bonchev–Trinajstić information content (AvgIpc) is 2.37. The van der Waals surface area contributed by atoms with E-state index in [0.717, 1.165) is 11.3 Å². The van der Waals surface area contributed by atoms with Gasteiger partial charge in [-0.3, -0.25) is 0 Å². The molecule has 126 valence electrons. The van der Waals surface area contributed by atoms with Gasteiger partial charge in [-0.05, 0) is 65.7 Å². The smallest absolute Gasteiger partial charge is 0.334 e. The minimum atomic E-state index is -0.493. The Hall–Kier alpha value is -2.03. The summed E-state index contributed by atoms with van der Waals surface area (Å²) >= 11 is 0. The molecule has 1 aromatic carbocycles. The maximum Gasteiger partial charge on any atom is 0.334 e.